The predicted octanol–water partition coefficient (Wildman–Crippen LogP) is 3.36. The van der Waals surface area contributed by atoms with Gasteiger partial charge in [0.25, 0.3) is 0 Å². The van der Waals surface area contributed by atoms with Crippen molar-refractivity contribution < 1.29 is 4.74 Å². The number of ether oxygens (including phenoxy) is 1. The maximum Gasteiger partial charge on any atom is 0.0462 e. The highest BCUT2D eigenvalue weighted by atomic mass is 16.5. The van der Waals surface area contributed by atoms with Crippen molar-refractivity contribution in [3.63, 3.8) is 0 Å². The number of methoxy groups -OCH3 is 1. The number of rotatable bonds is 9. The second-order valence-electron chi connectivity index (χ2n) is 5.28. The third kappa shape index (κ3) is 6.49. The molecule has 0 spiro atoms. The van der Waals surface area contributed by atoms with Gasteiger partial charge in [-0.2, -0.15) is 0 Å². The van der Waals surface area contributed by atoms with Gasteiger partial charge < -0.3 is 10.1 Å². The van der Waals surface area contributed by atoms with Gasteiger partial charge in [-0.1, -0.05) is 25.7 Å². The summed E-state index contributed by atoms with van der Waals surface area (Å²) in [6, 6.07) is 0.697. The van der Waals surface area contributed by atoms with Crippen LogP contribution >= 0.6 is 0 Å². The minimum Gasteiger partial charge on any atom is -0.385 e. The Bertz CT molecular complexity index is 155. The molecular formula is C14H29NO. The molecule has 1 aliphatic rings. The highest BCUT2D eigenvalue weighted by molar-refractivity contribution is 4.70. The SMILES string of the molecule is COCCCCNC(C)CCC1CCCC1. The molecule has 0 aliphatic heterocycles. The maximum atomic E-state index is 5.04. The molecule has 0 saturated heterocycles. The smallest absolute Gasteiger partial charge is 0.0462 e. The van der Waals surface area contributed by atoms with Gasteiger partial charge >= 0.3 is 0 Å². The Morgan fingerprint density at radius 3 is 2.69 bits per heavy atom. The van der Waals surface area contributed by atoms with E-state index in [0.29, 0.717) is 6.04 Å². The van der Waals surface area contributed by atoms with Crippen molar-refractivity contribution in [2.75, 3.05) is 20.3 Å². The van der Waals surface area contributed by atoms with Crippen LogP contribution in [0.1, 0.15) is 58.3 Å². The highest BCUT2D eigenvalue weighted by Gasteiger charge is 2.15. The van der Waals surface area contributed by atoms with Gasteiger partial charge in [0.15, 0.2) is 0 Å². The van der Waals surface area contributed by atoms with Gasteiger partial charge in [-0.05, 0) is 45.1 Å². The van der Waals surface area contributed by atoms with Crippen molar-refractivity contribution in [3.8, 4) is 0 Å². The molecule has 0 aromatic carbocycles. The third-order valence-electron chi connectivity index (χ3n) is 3.75. The molecule has 0 bridgehead atoms. The van der Waals surface area contributed by atoms with Crippen LogP contribution in [0.4, 0.5) is 0 Å². The predicted molar refractivity (Wildman–Crippen MR) is 69.8 cm³/mol. The summed E-state index contributed by atoms with van der Waals surface area (Å²) in [6.07, 6.45) is 11.1. The topological polar surface area (TPSA) is 21.3 Å². The third-order valence-corrected chi connectivity index (χ3v) is 3.75. The van der Waals surface area contributed by atoms with Crippen LogP contribution in [0.5, 0.6) is 0 Å². The molecule has 0 aromatic rings. The molecule has 2 heteroatoms. The van der Waals surface area contributed by atoms with E-state index < -0.39 is 0 Å². The first-order valence-corrected chi connectivity index (χ1v) is 7.05. The normalized spacial score (nSPS) is 19.1. The number of hydrogen-bond acceptors (Lipinski definition) is 2. The van der Waals surface area contributed by atoms with E-state index in [4.69, 9.17) is 4.74 Å². The zero-order valence-corrected chi connectivity index (χ0v) is 11.1. The molecular weight excluding hydrogens is 198 g/mol. The van der Waals surface area contributed by atoms with Crippen molar-refractivity contribution >= 4 is 0 Å². The van der Waals surface area contributed by atoms with E-state index in [0.717, 1.165) is 19.1 Å². The van der Waals surface area contributed by atoms with Crippen LogP contribution in [0.3, 0.4) is 0 Å². The Morgan fingerprint density at radius 1 is 1.25 bits per heavy atom. The summed E-state index contributed by atoms with van der Waals surface area (Å²) in [6.45, 7) is 4.37. The van der Waals surface area contributed by atoms with E-state index in [9.17, 15) is 0 Å². The molecule has 1 fully saturated rings. The number of nitrogens with one attached hydrogen (secondary N) is 1. The Balaban J connectivity index is 1.87. The summed E-state index contributed by atoms with van der Waals surface area (Å²) < 4.78 is 5.04. The Kier molecular flexibility index (Phi) is 7.87. The monoisotopic (exact) mass is 227 g/mol. The van der Waals surface area contributed by atoms with Crippen LogP contribution < -0.4 is 5.32 Å². The summed E-state index contributed by atoms with van der Waals surface area (Å²) in [5.41, 5.74) is 0. The lowest BCUT2D eigenvalue weighted by atomic mass is 9.99. The van der Waals surface area contributed by atoms with Crippen molar-refractivity contribution in [2.45, 2.75) is 64.3 Å². The molecule has 1 saturated carbocycles. The zero-order chi connectivity index (χ0) is 11.6. The summed E-state index contributed by atoms with van der Waals surface area (Å²) >= 11 is 0. The van der Waals surface area contributed by atoms with Crippen LogP contribution in [-0.2, 0) is 4.74 Å². The Labute approximate surface area is 101 Å². The second-order valence-corrected chi connectivity index (χ2v) is 5.28. The molecule has 96 valence electrons. The Morgan fingerprint density at radius 2 is 2.00 bits per heavy atom. The molecule has 0 aromatic heterocycles. The van der Waals surface area contributed by atoms with Crippen LogP contribution in [0.2, 0.25) is 0 Å². The number of unbranched alkanes of at least 4 members (excludes halogenated alkanes) is 1. The molecule has 1 unspecified atom stereocenters. The van der Waals surface area contributed by atoms with Crippen LogP contribution in [-0.4, -0.2) is 26.3 Å². The second kappa shape index (κ2) is 9.00. The molecule has 0 heterocycles. The largest absolute Gasteiger partial charge is 0.385 e. The Hall–Kier alpha value is -0.0800. The molecule has 0 amide bonds. The van der Waals surface area contributed by atoms with Gasteiger partial charge in [-0.3, -0.25) is 0 Å². The maximum absolute atomic E-state index is 5.04. The van der Waals surface area contributed by atoms with Gasteiger partial charge in [0.1, 0.15) is 0 Å². The summed E-state index contributed by atoms with van der Waals surface area (Å²) in [4.78, 5) is 0. The van der Waals surface area contributed by atoms with E-state index in [1.807, 2.05) is 0 Å². The molecule has 1 atom stereocenters. The minimum atomic E-state index is 0.697. The van der Waals surface area contributed by atoms with Crippen LogP contribution in [0.15, 0.2) is 0 Å². The zero-order valence-electron chi connectivity index (χ0n) is 11.1. The lowest BCUT2D eigenvalue weighted by molar-refractivity contribution is 0.192. The number of hydrogen-bond donors (Lipinski definition) is 1. The fourth-order valence-corrected chi connectivity index (χ4v) is 2.61. The van der Waals surface area contributed by atoms with Gasteiger partial charge in [-0.15, -0.1) is 0 Å². The molecule has 1 aliphatic carbocycles. The first kappa shape index (κ1) is 14.0. The van der Waals surface area contributed by atoms with Crippen molar-refractivity contribution in [1.29, 1.82) is 0 Å². The van der Waals surface area contributed by atoms with Crippen molar-refractivity contribution in [3.05, 3.63) is 0 Å². The van der Waals surface area contributed by atoms with Crippen LogP contribution in [0, 0.1) is 5.92 Å². The standard InChI is InChI=1S/C14H29NO/c1-13(15-11-5-6-12-16-2)9-10-14-7-3-4-8-14/h13-15H,3-12H2,1-2H3. The van der Waals surface area contributed by atoms with Crippen molar-refractivity contribution in [1.82, 2.24) is 5.32 Å². The summed E-state index contributed by atoms with van der Waals surface area (Å²) in [5.74, 6) is 1.04. The van der Waals surface area contributed by atoms with E-state index in [1.165, 1.54) is 51.4 Å². The first-order valence-electron chi connectivity index (χ1n) is 7.05. The highest BCUT2D eigenvalue weighted by Crippen LogP contribution is 2.28. The quantitative estimate of drug-likeness (QED) is 0.610. The fourth-order valence-electron chi connectivity index (χ4n) is 2.61. The molecule has 1 N–H and O–H groups in total. The van der Waals surface area contributed by atoms with Gasteiger partial charge in [0.05, 0.1) is 0 Å². The van der Waals surface area contributed by atoms with E-state index in [-0.39, 0.29) is 0 Å². The summed E-state index contributed by atoms with van der Waals surface area (Å²) in [7, 11) is 1.78. The lowest BCUT2D eigenvalue weighted by Gasteiger charge is -2.16. The fraction of sp³-hybridized carbons (Fsp3) is 1.00. The average Bonchev–Trinajstić information content (AvgIpc) is 2.79. The van der Waals surface area contributed by atoms with E-state index >= 15 is 0 Å². The molecule has 1 rings (SSSR count). The molecule has 0 radical (unpaired) electrons. The van der Waals surface area contributed by atoms with E-state index in [1.54, 1.807) is 7.11 Å². The van der Waals surface area contributed by atoms with Gasteiger partial charge in [0.2, 0.25) is 0 Å². The van der Waals surface area contributed by atoms with Gasteiger partial charge in [0, 0.05) is 19.8 Å². The average molecular weight is 227 g/mol. The summed E-state index contributed by atoms with van der Waals surface area (Å²) in [5, 5.41) is 3.61. The minimum absolute atomic E-state index is 0.697. The van der Waals surface area contributed by atoms with Crippen molar-refractivity contribution in [2.24, 2.45) is 5.92 Å². The molecule has 2 nitrogen and oxygen atoms in total. The lowest BCUT2D eigenvalue weighted by Crippen LogP contribution is -2.27. The first-order chi connectivity index (χ1) is 7.83. The van der Waals surface area contributed by atoms with Gasteiger partial charge in [-0.25, -0.2) is 0 Å². The molecule has 16 heavy (non-hydrogen) atoms. The van der Waals surface area contributed by atoms with E-state index in [2.05, 4.69) is 12.2 Å². The van der Waals surface area contributed by atoms with Crippen LogP contribution in [0.25, 0.3) is 0 Å².